The predicted molar refractivity (Wildman–Crippen MR) is 96.9 cm³/mol. The molecule has 0 aliphatic carbocycles. The smallest absolute Gasteiger partial charge is 0.238 e. The molecule has 0 heterocycles. The summed E-state index contributed by atoms with van der Waals surface area (Å²) in [5, 5.41) is 3.03. The van der Waals surface area contributed by atoms with Crippen LogP contribution < -0.4 is 11.1 Å². The molecule has 1 aromatic rings. The Morgan fingerprint density at radius 1 is 1.23 bits per heavy atom. The number of nitrogens with two attached hydrogens (primary N) is 1. The number of anilines is 1. The number of carbonyl (C=O) groups excluding carboxylic acids is 1. The number of nitrogens with one attached hydrogen (secondary N) is 1. The van der Waals surface area contributed by atoms with E-state index in [1.165, 1.54) is 5.56 Å². The molecule has 0 radical (unpaired) electrons. The number of aryl methyl sites for hydroxylation is 3. The van der Waals surface area contributed by atoms with Gasteiger partial charge in [0, 0.05) is 12.2 Å². The van der Waals surface area contributed by atoms with Crippen LogP contribution in [0.2, 0.25) is 0 Å². The second-order valence-corrected chi connectivity index (χ2v) is 6.86. The molecule has 0 aromatic heterocycles. The average molecular weight is 328 g/mol. The second kappa shape index (κ2) is 8.51. The molecule has 126 valence electrons. The first kappa shape index (κ1) is 20.9. The lowest BCUT2D eigenvalue weighted by Crippen LogP contribution is -2.40. The second-order valence-electron chi connectivity index (χ2n) is 6.86. The van der Waals surface area contributed by atoms with Gasteiger partial charge in [0.25, 0.3) is 0 Å². The van der Waals surface area contributed by atoms with Gasteiger partial charge in [-0.2, -0.15) is 0 Å². The highest BCUT2D eigenvalue weighted by Crippen LogP contribution is 2.22. The number of hydrogen-bond donors (Lipinski definition) is 2. The van der Waals surface area contributed by atoms with E-state index in [-0.39, 0.29) is 23.7 Å². The molecule has 0 bridgehead atoms. The van der Waals surface area contributed by atoms with Crippen LogP contribution >= 0.6 is 12.4 Å². The van der Waals surface area contributed by atoms with Crippen LogP contribution in [0.25, 0.3) is 0 Å². The maximum absolute atomic E-state index is 12.2. The first-order chi connectivity index (χ1) is 9.64. The topological polar surface area (TPSA) is 58.4 Å². The van der Waals surface area contributed by atoms with Crippen LogP contribution in [0, 0.1) is 26.2 Å². The maximum Gasteiger partial charge on any atom is 0.238 e. The van der Waals surface area contributed by atoms with E-state index in [4.69, 9.17) is 5.73 Å². The van der Waals surface area contributed by atoms with Gasteiger partial charge in [-0.1, -0.05) is 31.5 Å². The minimum Gasteiger partial charge on any atom is -0.330 e. The zero-order valence-corrected chi connectivity index (χ0v) is 15.4. The van der Waals surface area contributed by atoms with Crippen molar-refractivity contribution in [3.8, 4) is 0 Å². The van der Waals surface area contributed by atoms with E-state index in [2.05, 4.69) is 38.2 Å². The molecule has 0 aliphatic heterocycles. The summed E-state index contributed by atoms with van der Waals surface area (Å²) in [7, 11) is 1.95. The molecule has 3 N–H and O–H groups in total. The molecule has 1 amide bonds. The van der Waals surface area contributed by atoms with Crippen LogP contribution in [0.4, 0.5) is 5.69 Å². The molecule has 5 heteroatoms. The van der Waals surface area contributed by atoms with Crippen molar-refractivity contribution in [2.75, 3.05) is 32.0 Å². The monoisotopic (exact) mass is 327 g/mol. The Kier molecular flexibility index (Phi) is 8.09. The van der Waals surface area contributed by atoms with Crippen LogP contribution in [-0.4, -0.2) is 37.5 Å². The molecule has 0 atom stereocenters. The van der Waals surface area contributed by atoms with Gasteiger partial charge in [0.15, 0.2) is 0 Å². The Morgan fingerprint density at radius 2 is 1.73 bits per heavy atom. The number of carbonyl (C=O) groups is 1. The predicted octanol–water partition coefficient (Wildman–Crippen LogP) is 2.89. The van der Waals surface area contributed by atoms with Crippen molar-refractivity contribution in [1.82, 2.24) is 4.90 Å². The van der Waals surface area contributed by atoms with E-state index in [9.17, 15) is 4.79 Å². The van der Waals surface area contributed by atoms with Crippen molar-refractivity contribution >= 4 is 24.0 Å². The molecule has 0 fully saturated rings. The average Bonchev–Trinajstić information content (AvgIpc) is 2.32. The molecule has 1 rings (SSSR count). The van der Waals surface area contributed by atoms with Crippen molar-refractivity contribution in [3.63, 3.8) is 0 Å². The Labute approximate surface area is 140 Å². The van der Waals surface area contributed by atoms with Gasteiger partial charge in [-0.15, -0.1) is 12.4 Å². The Morgan fingerprint density at radius 3 is 2.18 bits per heavy atom. The van der Waals surface area contributed by atoms with E-state index >= 15 is 0 Å². The highest BCUT2D eigenvalue weighted by molar-refractivity contribution is 5.93. The van der Waals surface area contributed by atoms with Crippen molar-refractivity contribution < 1.29 is 4.79 Å². The summed E-state index contributed by atoms with van der Waals surface area (Å²) in [6.07, 6.45) is 0. The molecule has 0 unspecified atom stereocenters. The molecule has 0 spiro atoms. The van der Waals surface area contributed by atoms with Gasteiger partial charge < -0.3 is 11.1 Å². The van der Waals surface area contributed by atoms with E-state index in [0.29, 0.717) is 13.1 Å². The minimum atomic E-state index is 0. The number of rotatable bonds is 6. The molecular formula is C17H30ClN3O. The van der Waals surface area contributed by atoms with Gasteiger partial charge in [0.1, 0.15) is 0 Å². The van der Waals surface area contributed by atoms with Gasteiger partial charge in [-0.3, -0.25) is 9.69 Å². The SMILES string of the molecule is Cc1cc(C)c(NC(=O)CN(C)CC(C)(C)CN)c(C)c1.Cl. The van der Waals surface area contributed by atoms with E-state index in [1.54, 1.807) is 0 Å². The number of amides is 1. The zero-order chi connectivity index (χ0) is 16.2. The normalized spacial score (nSPS) is 11.3. The summed E-state index contributed by atoms with van der Waals surface area (Å²) in [6, 6.07) is 4.17. The van der Waals surface area contributed by atoms with Crippen molar-refractivity contribution in [3.05, 3.63) is 28.8 Å². The maximum atomic E-state index is 12.2. The van der Waals surface area contributed by atoms with Crippen molar-refractivity contribution in [1.29, 1.82) is 0 Å². The first-order valence-corrected chi connectivity index (χ1v) is 7.41. The van der Waals surface area contributed by atoms with Gasteiger partial charge in [0.2, 0.25) is 5.91 Å². The lowest BCUT2D eigenvalue weighted by molar-refractivity contribution is -0.117. The third-order valence-electron chi connectivity index (χ3n) is 3.61. The van der Waals surface area contributed by atoms with Gasteiger partial charge in [0.05, 0.1) is 6.54 Å². The number of benzene rings is 1. The number of likely N-dealkylation sites (N-methyl/N-ethyl adjacent to an activating group) is 1. The standard InChI is InChI=1S/C17H29N3O.ClH/c1-12-7-13(2)16(14(3)8-12)19-15(21)9-20(6)11-17(4,5)10-18;/h7-8H,9-11,18H2,1-6H3,(H,19,21);1H. The summed E-state index contributed by atoms with van der Waals surface area (Å²) in [5.74, 6) is 0.0142. The largest absolute Gasteiger partial charge is 0.330 e. The van der Waals surface area contributed by atoms with Crippen LogP contribution in [0.3, 0.4) is 0 Å². The quantitative estimate of drug-likeness (QED) is 0.844. The first-order valence-electron chi connectivity index (χ1n) is 7.41. The molecular weight excluding hydrogens is 298 g/mol. The minimum absolute atomic E-state index is 0. The van der Waals surface area contributed by atoms with Gasteiger partial charge in [-0.05, 0) is 50.9 Å². The molecule has 1 aromatic carbocycles. The van der Waals surface area contributed by atoms with Crippen LogP contribution in [0.1, 0.15) is 30.5 Å². The fraction of sp³-hybridized carbons (Fsp3) is 0.588. The lowest BCUT2D eigenvalue weighted by atomic mass is 9.93. The summed E-state index contributed by atoms with van der Waals surface area (Å²) < 4.78 is 0. The summed E-state index contributed by atoms with van der Waals surface area (Å²) in [6.45, 7) is 12.1. The van der Waals surface area contributed by atoms with E-state index < -0.39 is 0 Å². The van der Waals surface area contributed by atoms with Crippen LogP contribution in [-0.2, 0) is 4.79 Å². The number of nitrogens with zero attached hydrogens (tertiary/aromatic N) is 1. The summed E-state index contributed by atoms with van der Waals surface area (Å²) in [4.78, 5) is 14.2. The Hall–Kier alpha value is -1.10. The van der Waals surface area contributed by atoms with Crippen LogP contribution in [0.5, 0.6) is 0 Å². The molecule has 22 heavy (non-hydrogen) atoms. The molecule has 0 aliphatic rings. The molecule has 0 saturated heterocycles. The van der Waals surface area contributed by atoms with Crippen molar-refractivity contribution in [2.24, 2.45) is 11.1 Å². The molecule has 4 nitrogen and oxygen atoms in total. The number of halogens is 1. The lowest BCUT2D eigenvalue weighted by Gasteiger charge is -2.28. The van der Waals surface area contributed by atoms with Gasteiger partial charge in [-0.25, -0.2) is 0 Å². The summed E-state index contributed by atoms with van der Waals surface area (Å²) in [5.41, 5.74) is 10.1. The molecule has 0 saturated carbocycles. The third kappa shape index (κ3) is 6.34. The Bertz CT molecular complexity index is 492. The van der Waals surface area contributed by atoms with Gasteiger partial charge >= 0.3 is 0 Å². The third-order valence-corrected chi connectivity index (χ3v) is 3.61. The summed E-state index contributed by atoms with van der Waals surface area (Å²) >= 11 is 0. The fourth-order valence-electron chi connectivity index (χ4n) is 2.65. The van der Waals surface area contributed by atoms with E-state index in [0.717, 1.165) is 23.4 Å². The number of hydrogen-bond acceptors (Lipinski definition) is 3. The Balaban J connectivity index is 0.00000441. The van der Waals surface area contributed by atoms with Crippen molar-refractivity contribution in [2.45, 2.75) is 34.6 Å². The van der Waals surface area contributed by atoms with Crippen LogP contribution in [0.15, 0.2) is 12.1 Å². The fourth-order valence-corrected chi connectivity index (χ4v) is 2.65. The highest BCUT2D eigenvalue weighted by atomic mass is 35.5. The highest BCUT2D eigenvalue weighted by Gasteiger charge is 2.19. The zero-order valence-electron chi connectivity index (χ0n) is 14.6. The van der Waals surface area contributed by atoms with E-state index in [1.807, 2.05) is 25.8 Å².